The molecule has 4 rings (SSSR count). The van der Waals surface area contributed by atoms with Gasteiger partial charge in [0.05, 0.1) is 6.54 Å². The monoisotopic (exact) mass is 536 g/mol. The molecule has 0 aromatic heterocycles. The number of rotatable bonds is 8. The first-order valence-corrected chi connectivity index (χ1v) is 14.6. The molecule has 38 heavy (non-hydrogen) atoms. The predicted octanol–water partition coefficient (Wildman–Crippen LogP) is 5.46. The van der Waals surface area contributed by atoms with Crippen LogP contribution in [0.2, 0.25) is 0 Å². The first kappa shape index (κ1) is 27.4. The summed E-state index contributed by atoms with van der Waals surface area (Å²) in [4.78, 5) is 14.8. The number of amides is 1. The fourth-order valence-corrected chi connectivity index (χ4v) is 5.36. The molecule has 0 bridgehead atoms. The average molecular weight is 537 g/mol. The minimum Gasteiger partial charge on any atom is -0.491 e. The molecule has 0 radical (unpaired) electrons. The van der Waals surface area contributed by atoms with Crippen LogP contribution in [0.15, 0.2) is 66.1 Å². The van der Waals surface area contributed by atoms with E-state index in [1.54, 1.807) is 11.8 Å². The van der Waals surface area contributed by atoms with E-state index in [0.717, 1.165) is 47.2 Å². The number of hydrogen-bond acceptors (Lipinski definition) is 5. The van der Waals surface area contributed by atoms with E-state index in [-0.39, 0.29) is 30.0 Å². The van der Waals surface area contributed by atoms with Gasteiger partial charge in [0, 0.05) is 41.7 Å². The van der Waals surface area contributed by atoms with Gasteiger partial charge in [0.25, 0.3) is 5.91 Å². The summed E-state index contributed by atoms with van der Waals surface area (Å²) >= 11 is 0. The number of benzene rings is 3. The molecule has 3 aromatic rings. The molecule has 0 fully saturated rings. The van der Waals surface area contributed by atoms with Crippen LogP contribution >= 0.6 is 0 Å². The highest BCUT2D eigenvalue weighted by atomic mass is 32.2. The second kappa shape index (κ2) is 11.4. The van der Waals surface area contributed by atoms with E-state index >= 15 is 4.39 Å². The molecule has 0 saturated carbocycles. The quantitative estimate of drug-likeness (QED) is 0.414. The zero-order valence-corrected chi connectivity index (χ0v) is 22.8. The first-order valence-electron chi connectivity index (χ1n) is 12.7. The minimum absolute atomic E-state index is 0.104. The summed E-state index contributed by atoms with van der Waals surface area (Å²) in [5, 5.41) is 3.30. The number of carbonyl (C=O) groups excluding carboxylic acids is 1. The molecule has 1 heterocycles. The van der Waals surface area contributed by atoms with Gasteiger partial charge in [0.2, 0.25) is 0 Å². The Kier molecular flexibility index (Phi) is 8.21. The highest BCUT2D eigenvalue weighted by molar-refractivity contribution is 7.90. The number of halogens is 1. The van der Waals surface area contributed by atoms with Gasteiger partial charge in [-0.25, -0.2) is 12.8 Å². The van der Waals surface area contributed by atoms with Crippen LogP contribution < -0.4 is 10.1 Å². The van der Waals surface area contributed by atoms with Crippen molar-refractivity contribution in [2.75, 3.05) is 26.0 Å². The summed E-state index contributed by atoms with van der Waals surface area (Å²) in [7, 11) is -3.75. The summed E-state index contributed by atoms with van der Waals surface area (Å²) in [5.41, 5.74) is 5.04. The molecule has 0 aliphatic carbocycles. The zero-order valence-electron chi connectivity index (χ0n) is 22.0. The van der Waals surface area contributed by atoms with Gasteiger partial charge in [-0.3, -0.25) is 4.79 Å². The molecule has 1 amide bonds. The van der Waals surface area contributed by atoms with E-state index < -0.39 is 20.5 Å². The smallest absolute Gasteiger partial charge is 0.254 e. The third-order valence-corrected chi connectivity index (χ3v) is 7.79. The van der Waals surface area contributed by atoms with E-state index in [9.17, 15) is 13.2 Å². The molecule has 3 aromatic carbocycles. The summed E-state index contributed by atoms with van der Waals surface area (Å²) < 4.78 is 44.9. The fourth-order valence-electron chi connectivity index (χ4n) is 4.59. The van der Waals surface area contributed by atoms with Crippen molar-refractivity contribution in [1.29, 1.82) is 0 Å². The average Bonchev–Trinajstić information content (AvgIpc) is 3.12. The van der Waals surface area contributed by atoms with Gasteiger partial charge < -0.3 is 15.0 Å². The Morgan fingerprint density at radius 1 is 1.08 bits per heavy atom. The maximum Gasteiger partial charge on any atom is 0.254 e. The van der Waals surface area contributed by atoms with E-state index in [4.69, 9.17) is 4.74 Å². The largest absolute Gasteiger partial charge is 0.491 e. The van der Waals surface area contributed by atoms with Crippen molar-refractivity contribution in [3.05, 3.63) is 89.2 Å². The van der Waals surface area contributed by atoms with Gasteiger partial charge in [-0.2, -0.15) is 0 Å². The Morgan fingerprint density at radius 2 is 1.79 bits per heavy atom. The lowest BCUT2D eigenvalue weighted by atomic mass is 10.00. The van der Waals surface area contributed by atoms with Crippen molar-refractivity contribution in [2.45, 2.75) is 38.1 Å². The van der Waals surface area contributed by atoms with Crippen LogP contribution in [0, 0.1) is 5.82 Å². The van der Waals surface area contributed by atoms with Crippen LogP contribution in [-0.2, 0) is 22.8 Å². The maximum absolute atomic E-state index is 15.1. The summed E-state index contributed by atoms with van der Waals surface area (Å²) in [6.07, 6.45) is 2.17. The lowest BCUT2D eigenvalue weighted by Crippen LogP contribution is -2.33. The molecule has 0 saturated heterocycles. The lowest BCUT2D eigenvalue weighted by molar-refractivity contribution is 0.0731. The highest BCUT2D eigenvalue weighted by Gasteiger charge is 2.27. The Hall–Kier alpha value is -3.65. The Morgan fingerprint density at radius 3 is 2.45 bits per heavy atom. The predicted molar refractivity (Wildman–Crippen MR) is 148 cm³/mol. The van der Waals surface area contributed by atoms with Crippen LogP contribution in [0.5, 0.6) is 5.75 Å². The number of carbonyl (C=O) groups is 1. The third kappa shape index (κ3) is 5.75. The summed E-state index contributed by atoms with van der Waals surface area (Å²) in [6.45, 7) is 9.69. The standard InChI is InChI=1S/C30H33FN2O4S/c1-5-15-32-20(3)21-7-9-22(10-8-21)23-11-13-27-24(18-23)19-33(16-17-37-27)30(34)26-12-14-28(38(4,35)36)29(31)25(26)6-2/h7-14,18,32H,3,5-6,15-17,19H2,1-2,4H3. The molecular weight excluding hydrogens is 503 g/mol. The van der Waals surface area contributed by atoms with Gasteiger partial charge in [-0.1, -0.05) is 50.8 Å². The van der Waals surface area contributed by atoms with Crippen LogP contribution in [-0.4, -0.2) is 45.2 Å². The van der Waals surface area contributed by atoms with Gasteiger partial charge in [0.15, 0.2) is 9.84 Å². The van der Waals surface area contributed by atoms with Crippen LogP contribution in [0.1, 0.15) is 47.3 Å². The number of ether oxygens (including phenoxy) is 1. The molecule has 6 nitrogen and oxygen atoms in total. The molecule has 1 N–H and O–H groups in total. The van der Waals surface area contributed by atoms with Crippen molar-refractivity contribution in [3.63, 3.8) is 0 Å². The fraction of sp³-hybridized carbons (Fsp3) is 0.300. The second-order valence-corrected chi connectivity index (χ2v) is 11.4. The molecule has 0 spiro atoms. The zero-order chi connectivity index (χ0) is 27.4. The van der Waals surface area contributed by atoms with Crippen LogP contribution in [0.4, 0.5) is 4.39 Å². The van der Waals surface area contributed by atoms with Gasteiger partial charge >= 0.3 is 0 Å². The Bertz CT molecular complexity index is 1470. The van der Waals surface area contributed by atoms with Crippen LogP contribution in [0.25, 0.3) is 16.8 Å². The van der Waals surface area contributed by atoms with E-state index in [0.29, 0.717) is 18.9 Å². The van der Waals surface area contributed by atoms with Gasteiger partial charge in [-0.05, 0) is 53.8 Å². The SMILES string of the molecule is C=C(NCCC)c1ccc(-c2ccc3c(c2)CN(C(=O)c2ccc(S(C)(=O)=O)c(F)c2CC)CCO3)cc1. The first-order chi connectivity index (χ1) is 18.1. The number of sulfone groups is 1. The third-order valence-electron chi connectivity index (χ3n) is 6.67. The van der Waals surface area contributed by atoms with E-state index in [1.807, 2.05) is 42.5 Å². The molecule has 1 aliphatic heterocycles. The maximum atomic E-state index is 15.1. The second-order valence-electron chi connectivity index (χ2n) is 9.41. The molecular formula is C30H33FN2O4S. The van der Waals surface area contributed by atoms with Crippen molar-refractivity contribution >= 4 is 21.4 Å². The Labute approximate surface area is 224 Å². The summed E-state index contributed by atoms with van der Waals surface area (Å²) in [6, 6.07) is 16.6. The van der Waals surface area contributed by atoms with Gasteiger partial charge in [-0.15, -0.1) is 0 Å². The molecule has 0 unspecified atom stereocenters. The number of nitrogens with zero attached hydrogens (tertiary/aromatic N) is 1. The molecule has 8 heteroatoms. The van der Waals surface area contributed by atoms with Crippen molar-refractivity contribution < 1.29 is 22.3 Å². The topological polar surface area (TPSA) is 75.7 Å². The molecule has 0 atom stereocenters. The van der Waals surface area contributed by atoms with Crippen molar-refractivity contribution in [1.82, 2.24) is 10.2 Å². The Balaban J connectivity index is 1.60. The normalized spacial score (nSPS) is 13.3. The van der Waals surface area contributed by atoms with Crippen molar-refractivity contribution in [3.8, 4) is 16.9 Å². The highest BCUT2D eigenvalue weighted by Crippen LogP contribution is 2.31. The number of nitrogens with one attached hydrogen (secondary N) is 1. The lowest BCUT2D eigenvalue weighted by Gasteiger charge is -2.22. The van der Waals surface area contributed by atoms with Crippen molar-refractivity contribution in [2.24, 2.45) is 0 Å². The molecule has 1 aliphatic rings. The number of hydrogen-bond donors (Lipinski definition) is 1. The minimum atomic E-state index is -3.75. The van der Waals surface area contributed by atoms with E-state index in [2.05, 4.69) is 18.8 Å². The number of fused-ring (bicyclic) bond motifs is 1. The van der Waals surface area contributed by atoms with Crippen LogP contribution in [0.3, 0.4) is 0 Å². The molecule has 200 valence electrons. The van der Waals surface area contributed by atoms with Gasteiger partial charge in [0.1, 0.15) is 23.1 Å². The summed E-state index contributed by atoms with van der Waals surface area (Å²) in [5.74, 6) is -0.511. The van der Waals surface area contributed by atoms with E-state index in [1.165, 1.54) is 12.1 Å².